The molecule has 4 aromatic carbocycles. The van der Waals surface area contributed by atoms with E-state index in [2.05, 4.69) is 135 Å². The first kappa shape index (κ1) is 21.1. The van der Waals surface area contributed by atoms with Crippen molar-refractivity contribution in [1.29, 1.82) is 0 Å². The van der Waals surface area contributed by atoms with Crippen molar-refractivity contribution in [2.45, 2.75) is 6.16 Å². The third kappa shape index (κ3) is 3.70. The van der Waals surface area contributed by atoms with Gasteiger partial charge in [0, 0.05) is 0 Å². The molecule has 4 heteroatoms. The number of hydrogen-bond donors (Lipinski definition) is 0. The van der Waals surface area contributed by atoms with Crippen LogP contribution in [0.4, 0.5) is 0 Å². The Bertz CT molecular complexity index is 1020. The second-order valence-corrected chi connectivity index (χ2v) is 18.9. The second kappa shape index (κ2) is 8.51. The van der Waals surface area contributed by atoms with Crippen LogP contribution in [0.1, 0.15) is 5.56 Å². The van der Waals surface area contributed by atoms with E-state index in [0.717, 1.165) is 15.7 Å². The Morgan fingerprint density at radius 2 is 1.03 bits per heavy atom. The van der Waals surface area contributed by atoms with Crippen molar-refractivity contribution >= 4 is 69.7 Å². The first-order valence-electron chi connectivity index (χ1n) is 9.36. The molecule has 0 aliphatic rings. The molecule has 0 bridgehead atoms. The molecule has 0 aliphatic heterocycles. The van der Waals surface area contributed by atoms with Crippen molar-refractivity contribution in [2.75, 3.05) is 0 Å². The summed E-state index contributed by atoms with van der Waals surface area (Å²) in [5.74, 6) is 0. The molecule has 0 fully saturated rings. The van der Waals surface area contributed by atoms with E-state index in [9.17, 15) is 0 Å². The third-order valence-electron chi connectivity index (χ3n) is 5.38. The van der Waals surface area contributed by atoms with Crippen LogP contribution in [0.2, 0.25) is 5.02 Å². The molecule has 0 nitrogen and oxygen atoms in total. The fourth-order valence-corrected chi connectivity index (χ4v) is 13.5. The Hall–Kier alpha value is -1.19. The number of halogens is 3. The molecule has 0 radical (unpaired) electrons. The van der Waals surface area contributed by atoms with E-state index >= 15 is 0 Å². The van der Waals surface area contributed by atoms with Crippen LogP contribution in [0, 0.1) is 0 Å². The standard InChI is InChI=1S/C25H20BrClIP/c26-25-20(11-10-18-24(25)27)19-29(28,21-12-4-1-5-13-21,22-14-6-2-7-15-22)23-16-8-3-9-17-23/h1-18H,19H2. The molecule has 29 heavy (non-hydrogen) atoms. The van der Waals surface area contributed by atoms with E-state index in [1.807, 2.05) is 12.1 Å². The Balaban J connectivity index is 2.11. The maximum absolute atomic E-state index is 6.49. The van der Waals surface area contributed by atoms with Gasteiger partial charge in [0.25, 0.3) is 0 Å². The zero-order valence-corrected chi connectivity index (χ0v) is 21.1. The van der Waals surface area contributed by atoms with Crippen LogP contribution in [-0.4, -0.2) is 0 Å². The number of hydrogen-bond acceptors (Lipinski definition) is 0. The molecule has 0 spiro atoms. The van der Waals surface area contributed by atoms with Gasteiger partial charge in [0.1, 0.15) is 0 Å². The van der Waals surface area contributed by atoms with E-state index < -0.39 is 4.25 Å². The van der Waals surface area contributed by atoms with Crippen molar-refractivity contribution in [3.63, 3.8) is 0 Å². The van der Waals surface area contributed by atoms with Crippen molar-refractivity contribution in [3.05, 3.63) is 124 Å². The van der Waals surface area contributed by atoms with Gasteiger partial charge in [-0.15, -0.1) is 0 Å². The van der Waals surface area contributed by atoms with Crippen LogP contribution < -0.4 is 15.9 Å². The Morgan fingerprint density at radius 1 is 0.621 bits per heavy atom. The van der Waals surface area contributed by atoms with E-state index in [1.54, 1.807) is 0 Å². The van der Waals surface area contributed by atoms with Gasteiger partial charge in [0.05, 0.1) is 0 Å². The summed E-state index contributed by atoms with van der Waals surface area (Å²) < 4.78 is -1.87. The summed E-state index contributed by atoms with van der Waals surface area (Å²) in [5.41, 5.74) is 1.22. The van der Waals surface area contributed by atoms with Gasteiger partial charge in [-0.3, -0.25) is 0 Å². The molecule has 0 saturated heterocycles. The third-order valence-corrected chi connectivity index (χ3v) is 18.0. The fourth-order valence-electron chi connectivity index (χ4n) is 3.93. The molecule has 0 amide bonds. The number of benzene rings is 4. The molecule has 4 rings (SSSR count). The van der Waals surface area contributed by atoms with Crippen LogP contribution in [0.5, 0.6) is 0 Å². The normalized spacial score (nSPS) is 12.9. The van der Waals surface area contributed by atoms with Crippen molar-refractivity contribution < 1.29 is 0 Å². The van der Waals surface area contributed by atoms with Gasteiger partial charge in [-0.1, -0.05) is 0 Å². The zero-order chi connectivity index (χ0) is 20.3. The molecule has 0 unspecified atom stereocenters. The van der Waals surface area contributed by atoms with Crippen molar-refractivity contribution in [3.8, 4) is 0 Å². The maximum atomic E-state index is 6.49. The summed E-state index contributed by atoms with van der Waals surface area (Å²) in [6, 6.07) is 39.0. The molecule has 146 valence electrons. The summed E-state index contributed by atoms with van der Waals surface area (Å²) in [6.07, 6.45) is 0.880. The second-order valence-electron chi connectivity index (χ2n) is 7.06. The SMILES string of the molecule is Clc1cccc(CP(I)(c2ccccc2)(c2ccccc2)c2ccccc2)c1Br. The van der Waals surface area contributed by atoms with Gasteiger partial charge >= 0.3 is 200 Å². The van der Waals surface area contributed by atoms with Crippen LogP contribution >= 0.6 is 53.8 Å². The minimum absolute atomic E-state index is 0.748. The quantitative estimate of drug-likeness (QED) is 0.166. The minimum atomic E-state index is -2.86. The molecule has 0 aromatic heterocycles. The van der Waals surface area contributed by atoms with Gasteiger partial charge in [0.2, 0.25) is 0 Å². The van der Waals surface area contributed by atoms with E-state index in [1.165, 1.54) is 21.5 Å². The van der Waals surface area contributed by atoms with Gasteiger partial charge in [0.15, 0.2) is 0 Å². The Kier molecular flexibility index (Phi) is 6.18. The molecule has 0 heterocycles. The predicted molar refractivity (Wildman–Crippen MR) is 142 cm³/mol. The first-order chi connectivity index (χ1) is 14.0. The summed E-state index contributed by atoms with van der Waals surface area (Å²) in [4.78, 5) is 0. The molecular weight excluding hydrogens is 574 g/mol. The summed E-state index contributed by atoms with van der Waals surface area (Å²) >= 11 is 13.1. The molecule has 0 saturated carbocycles. The summed E-state index contributed by atoms with van der Waals surface area (Å²) in [7, 11) is 0. The Morgan fingerprint density at radius 3 is 1.45 bits per heavy atom. The summed E-state index contributed by atoms with van der Waals surface area (Å²) in [6.45, 7) is 0. The van der Waals surface area contributed by atoms with Crippen LogP contribution in [0.15, 0.2) is 114 Å². The van der Waals surface area contributed by atoms with E-state index in [-0.39, 0.29) is 0 Å². The molecular formula is C25H20BrClIP. The van der Waals surface area contributed by atoms with Crippen LogP contribution in [-0.2, 0) is 6.16 Å². The predicted octanol–water partition coefficient (Wildman–Crippen LogP) is 7.48. The van der Waals surface area contributed by atoms with Gasteiger partial charge in [-0.25, -0.2) is 0 Å². The fraction of sp³-hybridized carbons (Fsp3) is 0.0400. The summed E-state index contributed by atoms with van der Waals surface area (Å²) in [5, 5.41) is 4.84. The molecule has 0 N–H and O–H groups in total. The first-order valence-corrected chi connectivity index (χ1v) is 15.7. The van der Waals surface area contributed by atoms with Crippen LogP contribution in [0.25, 0.3) is 0 Å². The zero-order valence-electron chi connectivity index (χ0n) is 15.7. The van der Waals surface area contributed by atoms with Crippen molar-refractivity contribution in [1.82, 2.24) is 0 Å². The monoisotopic (exact) mass is 592 g/mol. The van der Waals surface area contributed by atoms with E-state index in [4.69, 9.17) is 11.6 Å². The van der Waals surface area contributed by atoms with Crippen molar-refractivity contribution in [2.24, 2.45) is 0 Å². The van der Waals surface area contributed by atoms with Gasteiger partial charge < -0.3 is 0 Å². The van der Waals surface area contributed by atoms with Crippen LogP contribution in [0.3, 0.4) is 0 Å². The van der Waals surface area contributed by atoms with Gasteiger partial charge in [-0.05, 0) is 0 Å². The van der Waals surface area contributed by atoms with Gasteiger partial charge in [-0.2, -0.15) is 0 Å². The average Bonchev–Trinajstić information content (AvgIpc) is 2.79. The topological polar surface area (TPSA) is 0 Å². The molecule has 4 aromatic rings. The molecule has 0 aliphatic carbocycles. The Labute approximate surface area is 198 Å². The average molecular weight is 594 g/mol. The van der Waals surface area contributed by atoms with E-state index in [0.29, 0.717) is 0 Å². The molecule has 0 atom stereocenters. The number of rotatable bonds is 5.